The van der Waals surface area contributed by atoms with Gasteiger partial charge in [-0.1, -0.05) is 30.3 Å². The number of hydrogen-bond acceptors (Lipinski definition) is 11. The molecule has 2 aromatic heterocycles. The maximum absolute atomic E-state index is 15.8. The molecule has 4 aromatic carbocycles. The van der Waals surface area contributed by atoms with Crippen LogP contribution in [0.3, 0.4) is 0 Å². The number of phenolic OH excluding ortho intramolecular Hbond substituents is 4. The predicted octanol–water partition coefficient (Wildman–Crippen LogP) is 7.64. The quantitative estimate of drug-likeness (QED) is 0.0742. The topological polar surface area (TPSA) is 196 Å². The zero-order valence-electron chi connectivity index (χ0n) is 34.6. The summed E-state index contributed by atoms with van der Waals surface area (Å²) in [5, 5.41) is 73.0. The lowest BCUT2D eigenvalue weighted by Gasteiger charge is -2.46. The fraction of sp³-hybridized carbons (Fsp3) is 0.360. The van der Waals surface area contributed by atoms with E-state index in [-0.39, 0.29) is 41.6 Å². The number of fused-ring (bicyclic) bond motifs is 7. The number of pyridine rings is 1. The van der Waals surface area contributed by atoms with Crippen LogP contribution in [-0.2, 0) is 35.9 Å². The van der Waals surface area contributed by atoms with Gasteiger partial charge >= 0.3 is 0 Å². The average Bonchev–Trinajstić information content (AvgIpc) is 3.91. The molecule has 0 unspecified atom stereocenters. The summed E-state index contributed by atoms with van der Waals surface area (Å²) in [6.45, 7) is 0.507. The van der Waals surface area contributed by atoms with Crippen LogP contribution in [0.4, 0.5) is 11.5 Å². The van der Waals surface area contributed by atoms with Gasteiger partial charge in [-0.3, -0.25) is 4.79 Å². The Morgan fingerprint density at radius 3 is 2.66 bits per heavy atom. The van der Waals surface area contributed by atoms with Gasteiger partial charge in [-0.2, -0.15) is 11.9 Å². The van der Waals surface area contributed by atoms with Crippen molar-refractivity contribution in [1.82, 2.24) is 9.97 Å². The number of aromatic nitrogens is 2. The molecule has 6 atom stereocenters. The van der Waals surface area contributed by atoms with Gasteiger partial charge in [-0.25, -0.2) is 4.98 Å². The monoisotopic (exact) mass is 838 g/mol. The van der Waals surface area contributed by atoms with Gasteiger partial charge in [0.1, 0.15) is 17.4 Å². The Morgan fingerprint density at radius 2 is 1.84 bits per heavy atom. The molecule has 4 heterocycles. The zero-order valence-corrected chi connectivity index (χ0v) is 34.6. The van der Waals surface area contributed by atoms with E-state index >= 15 is 4.79 Å². The van der Waals surface area contributed by atoms with Gasteiger partial charge in [0.25, 0.3) is 0 Å². The van der Waals surface area contributed by atoms with Gasteiger partial charge in [0.15, 0.2) is 23.0 Å². The van der Waals surface area contributed by atoms with E-state index in [2.05, 4.69) is 10.3 Å². The average molecular weight is 839 g/mol. The van der Waals surface area contributed by atoms with Gasteiger partial charge in [0, 0.05) is 29.3 Å². The smallest absolute Gasteiger partial charge is 0.200 e. The van der Waals surface area contributed by atoms with Crippen LogP contribution in [0, 0.1) is 11.8 Å². The highest BCUT2D eigenvalue weighted by molar-refractivity contribution is 5.92. The van der Waals surface area contributed by atoms with Crippen molar-refractivity contribution in [2.75, 3.05) is 19.0 Å². The number of carbonyl (C=O) groups excluding carboxylic acids is 1. The van der Waals surface area contributed by atoms with Crippen LogP contribution in [0.1, 0.15) is 78.0 Å². The SMILES string of the molecule is COc1cc([C@H]2CCc3c(ccc4cc(O)ccc34)Nc3cc(ccn3)[C@]3(CC[C@@H](O)[C@H]3Cc3ccc[n-]3)[C@@H]([C@H](O)CCc3ccc(O)c4c3CCCO4)C(=O)C2)cc(O)c1O. The Morgan fingerprint density at radius 1 is 0.968 bits per heavy atom. The van der Waals surface area contributed by atoms with Gasteiger partial charge < -0.3 is 50.4 Å². The molecule has 3 aliphatic rings. The summed E-state index contributed by atoms with van der Waals surface area (Å²) in [5.74, 6) is -1.76. The zero-order chi connectivity index (χ0) is 43.1. The van der Waals surface area contributed by atoms with Crippen LogP contribution in [0.5, 0.6) is 34.5 Å². The number of ketones is 1. The second-order valence-electron chi connectivity index (χ2n) is 17.2. The summed E-state index contributed by atoms with van der Waals surface area (Å²) in [6, 6.07) is 23.4. The van der Waals surface area contributed by atoms with Gasteiger partial charge in [0.05, 0.1) is 31.8 Å². The fourth-order valence-corrected chi connectivity index (χ4v) is 10.9. The Bertz CT molecular complexity index is 2610. The van der Waals surface area contributed by atoms with Crippen LogP contribution in [0.25, 0.3) is 10.8 Å². The molecule has 1 saturated carbocycles. The van der Waals surface area contributed by atoms with E-state index in [1.165, 1.54) is 13.2 Å². The number of aliphatic hydroxyl groups is 2. The highest BCUT2D eigenvalue weighted by atomic mass is 16.5. The van der Waals surface area contributed by atoms with Crippen molar-refractivity contribution < 1.29 is 44.9 Å². The van der Waals surface area contributed by atoms with Gasteiger partial charge in [-0.05, 0) is 151 Å². The Kier molecular flexibility index (Phi) is 11.2. The third kappa shape index (κ3) is 7.55. The molecule has 1 aliphatic carbocycles. The summed E-state index contributed by atoms with van der Waals surface area (Å²) in [7, 11) is 1.40. The molecule has 0 radical (unpaired) electrons. The van der Waals surface area contributed by atoms with Crippen molar-refractivity contribution in [3.63, 3.8) is 0 Å². The van der Waals surface area contributed by atoms with E-state index < -0.39 is 41.1 Å². The fourth-order valence-electron chi connectivity index (χ4n) is 10.9. The second kappa shape index (κ2) is 16.9. The van der Waals surface area contributed by atoms with Gasteiger partial charge in [0.2, 0.25) is 5.75 Å². The van der Waals surface area contributed by atoms with Crippen LogP contribution < -0.4 is 19.8 Å². The molecule has 0 amide bonds. The third-order valence-electron chi connectivity index (χ3n) is 13.8. The van der Waals surface area contributed by atoms with E-state index in [0.29, 0.717) is 62.3 Å². The number of Topliss-reactive ketones (excluding diaryl/α,β-unsaturated/α-hetero) is 1. The summed E-state index contributed by atoms with van der Waals surface area (Å²) in [5.41, 5.74) is 4.61. The number of hydrogen-bond donors (Lipinski definition) is 7. The molecule has 7 N–H and O–H groups in total. The Balaban J connectivity index is 1.22. The van der Waals surface area contributed by atoms with E-state index in [9.17, 15) is 30.6 Å². The number of aliphatic hydroxyl groups excluding tert-OH is 2. The Labute approximate surface area is 359 Å². The largest absolute Gasteiger partial charge is 0.668 e. The predicted molar refractivity (Wildman–Crippen MR) is 234 cm³/mol. The first kappa shape index (κ1) is 41.1. The third-order valence-corrected chi connectivity index (χ3v) is 13.8. The van der Waals surface area contributed by atoms with Crippen LogP contribution in [0.15, 0.2) is 91.3 Å². The molecule has 12 heteroatoms. The molecule has 2 aliphatic heterocycles. The number of aromatic hydroxyl groups is 4. The lowest BCUT2D eigenvalue weighted by atomic mass is 9.58. The van der Waals surface area contributed by atoms with Crippen molar-refractivity contribution in [2.24, 2.45) is 11.8 Å². The highest BCUT2D eigenvalue weighted by Crippen LogP contribution is 2.55. The summed E-state index contributed by atoms with van der Waals surface area (Å²) >= 11 is 0. The summed E-state index contributed by atoms with van der Waals surface area (Å²) < 4.78 is 11.4. The minimum atomic E-state index is -1.18. The number of phenols is 4. The van der Waals surface area contributed by atoms with E-state index in [1.54, 1.807) is 36.7 Å². The number of rotatable bonds is 8. The molecular weight excluding hydrogens is 787 g/mol. The second-order valence-corrected chi connectivity index (χ2v) is 17.2. The molecule has 0 saturated heterocycles. The summed E-state index contributed by atoms with van der Waals surface area (Å²) in [4.78, 5) is 25.2. The number of methoxy groups -OCH3 is 1. The minimum Gasteiger partial charge on any atom is -0.668 e. The summed E-state index contributed by atoms with van der Waals surface area (Å²) in [6.07, 6.45) is 5.59. The molecule has 62 heavy (non-hydrogen) atoms. The Hall–Kier alpha value is -6.24. The van der Waals surface area contributed by atoms with Crippen molar-refractivity contribution in [3.8, 4) is 34.5 Å². The molecule has 1 fully saturated rings. The molecule has 1 spiro atoms. The van der Waals surface area contributed by atoms with Crippen molar-refractivity contribution >= 4 is 28.1 Å². The van der Waals surface area contributed by atoms with Crippen LogP contribution >= 0.6 is 0 Å². The number of ether oxygens (including phenoxy) is 2. The molecule has 12 nitrogen and oxygen atoms in total. The number of benzene rings is 4. The number of nitrogens with one attached hydrogen (secondary N) is 1. The molecule has 6 aromatic rings. The molecular formula is C50H52N3O9-. The van der Waals surface area contributed by atoms with Crippen LogP contribution in [0.2, 0.25) is 0 Å². The normalized spacial score (nSPS) is 23.0. The number of anilines is 2. The highest BCUT2D eigenvalue weighted by Gasteiger charge is 2.57. The first-order chi connectivity index (χ1) is 30.0. The van der Waals surface area contributed by atoms with E-state index in [4.69, 9.17) is 14.5 Å². The standard InChI is InChI=1S/C50H52N3O9/c1-61-45-25-31(24-44(59)48(45)60)29-6-11-37-35-12-10-34(54)22-30(35)7-13-39(37)53-46-26-32(17-20-52-46)50(18-16-40(55)38(50)27-33-4-2-19-51-33)47(43(58)23-29)41(56)14-8-28-9-15-42(57)49-36(28)5-3-21-62-49/h2,4,7,9-10,12-13,15,17,19-20,22,24-26,29,38,40-41,47,54-57,59-60H,3,5-6,8,11,14,16,18,21,23,27H2,1H3,(H,52,53)/q-1/t29-,38+,40+,41+,47-,50-/m0/s1. The van der Waals surface area contributed by atoms with Crippen molar-refractivity contribution in [3.05, 3.63) is 125 Å². The molecule has 322 valence electrons. The minimum absolute atomic E-state index is 0.0387. The lowest BCUT2D eigenvalue weighted by Crippen LogP contribution is -2.51. The van der Waals surface area contributed by atoms with Crippen molar-refractivity contribution in [1.29, 1.82) is 0 Å². The first-order valence-corrected chi connectivity index (χ1v) is 21.5. The van der Waals surface area contributed by atoms with Gasteiger partial charge in [-0.15, -0.1) is 0 Å². The molecule has 2 bridgehead atoms. The van der Waals surface area contributed by atoms with E-state index in [0.717, 1.165) is 57.2 Å². The number of nitrogens with zero attached hydrogens (tertiary/aromatic N) is 2. The van der Waals surface area contributed by atoms with Crippen molar-refractivity contribution in [2.45, 2.75) is 87.7 Å². The lowest BCUT2D eigenvalue weighted by molar-refractivity contribution is -0.132. The number of aryl methyl sites for hydroxylation is 2. The maximum Gasteiger partial charge on any atom is 0.200 e. The molecule has 9 rings (SSSR count). The van der Waals surface area contributed by atoms with E-state index in [1.807, 2.05) is 48.5 Å². The number of carbonyl (C=O) groups is 1. The first-order valence-electron chi connectivity index (χ1n) is 21.5. The maximum atomic E-state index is 15.8. The van der Waals surface area contributed by atoms with Crippen LogP contribution in [-0.4, -0.2) is 67.3 Å².